The normalized spacial score (nSPS) is 13.1. The average molecular weight is 279 g/mol. The fraction of sp³-hybridized carbons (Fsp3) is 0.308. The Morgan fingerprint density at radius 1 is 1.25 bits per heavy atom. The lowest BCUT2D eigenvalue weighted by atomic mass is 10.1. The minimum Gasteiger partial charge on any atom is -0.480 e. The van der Waals surface area contributed by atoms with Crippen LogP contribution in [-0.2, 0) is 9.59 Å². The number of amides is 3. The smallest absolute Gasteiger partial charge is 0.326 e. The molecule has 0 aromatic heterocycles. The van der Waals surface area contributed by atoms with E-state index < -0.39 is 30.0 Å². The number of hydrogen-bond donors (Lipinski definition) is 3. The van der Waals surface area contributed by atoms with E-state index in [4.69, 9.17) is 10.8 Å². The Balaban J connectivity index is 3.02. The quantitative estimate of drug-likeness (QED) is 0.720. The second-order valence-electron chi connectivity index (χ2n) is 4.32. The van der Waals surface area contributed by atoms with E-state index in [0.717, 1.165) is 4.90 Å². The highest BCUT2D eigenvalue weighted by Gasteiger charge is 2.29. The van der Waals surface area contributed by atoms with Gasteiger partial charge in [-0.05, 0) is 12.5 Å². The van der Waals surface area contributed by atoms with Gasteiger partial charge in [0.1, 0.15) is 12.1 Å². The summed E-state index contributed by atoms with van der Waals surface area (Å²) in [5.74, 6) is -1.68. The van der Waals surface area contributed by atoms with E-state index >= 15 is 0 Å². The van der Waals surface area contributed by atoms with Gasteiger partial charge in [-0.25, -0.2) is 9.59 Å². The molecule has 0 bridgehead atoms. The molecule has 1 aromatic carbocycles. The fourth-order valence-electron chi connectivity index (χ4n) is 1.64. The highest BCUT2D eigenvalue weighted by Crippen LogP contribution is 2.16. The summed E-state index contributed by atoms with van der Waals surface area (Å²) in [6.45, 7) is 1.38. The number of hydrogen-bond acceptors (Lipinski definition) is 3. The number of aliphatic carboxylic acids is 1. The topological polar surface area (TPSA) is 113 Å². The number of carboxylic acids is 1. The molecule has 0 saturated heterocycles. The first-order valence-corrected chi connectivity index (χ1v) is 5.95. The lowest BCUT2D eigenvalue weighted by Crippen LogP contribution is -2.48. The summed E-state index contributed by atoms with van der Waals surface area (Å²) in [5, 5.41) is 11.3. The molecule has 2 atom stereocenters. The predicted molar refractivity (Wildman–Crippen MR) is 71.8 cm³/mol. The molecule has 108 valence electrons. The fourth-order valence-corrected chi connectivity index (χ4v) is 1.64. The van der Waals surface area contributed by atoms with E-state index in [2.05, 4.69) is 5.32 Å². The number of carbonyl (C=O) groups excluding carboxylic acids is 2. The highest BCUT2D eigenvalue weighted by molar-refractivity contribution is 5.90. The van der Waals surface area contributed by atoms with Crippen molar-refractivity contribution in [3.8, 4) is 0 Å². The first kappa shape index (κ1) is 15.5. The van der Waals surface area contributed by atoms with E-state index in [1.807, 2.05) is 0 Å². The van der Waals surface area contributed by atoms with Gasteiger partial charge in [0.15, 0.2) is 0 Å². The van der Waals surface area contributed by atoms with Gasteiger partial charge in [0.25, 0.3) is 0 Å². The minimum atomic E-state index is -1.13. The van der Waals surface area contributed by atoms with Crippen LogP contribution in [-0.4, -0.2) is 41.0 Å². The van der Waals surface area contributed by atoms with Crippen LogP contribution in [0, 0.1) is 0 Å². The number of primary amides is 1. The molecule has 0 fully saturated rings. The molecule has 7 heteroatoms. The third-order valence-corrected chi connectivity index (χ3v) is 2.95. The van der Waals surface area contributed by atoms with Crippen molar-refractivity contribution in [1.29, 1.82) is 0 Å². The molecule has 0 saturated carbocycles. The second-order valence-corrected chi connectivity index (χ2v) is 4.32. The first-order valence-electron chi connectivity index (χ1n) is 5.95. The van der Waals surface area contributed by atoms with E-state index in [1.165, 1.54) is 14.0 Å². The van der Waals surface area contributed by atoms with Crippen molar-refractivity contribution in [2.45, 2.75) is 19.0 Å². The SMILES string of the molecule is CC(C(=O)O)N(C)C(=O)C(NC(N)=O)c1ccccc1. The zero-order valence-electron chi connectivity index (χ0n) is 11.2. The molecule has 3 amide bonds. The number of urea groups is 1. The molecular weight excluding hydrogens is 262 g/mol. The van der Waals surface area contributed by atoms with Crippen LogP contribution in [0.1, 0.15) is 18.5 Å². The highest BCUT2D eigenvalue weighted by atomic mass is 16.4. The number of carbonyl (C=O) groups is 3. The lowest BCUT2D eigenvalue weighted by molar-refractivity contribution is -0.149. The Bertz CT molecular complexity index is 504. The maximum Gasteiger partial charge on any atom is 0.326 e. The van der Waals surface area contributed by atoms with Crippen molar-refractivity contribution in [1.82, 2.24) is 10.2 Å². The van der Waals surface area contributed by atoms with Crippen LogP contribution in [0.15, 0.2) is 30.3 Å². The Hall–Kier alpha value is -2.57. The van der Waals surface area contributed by atoms with E-state index in [-0.39, 0.29) is 0 Å². The van der Waals surface area contributed by atoms with Crippen molar-refractivity contribution >= 4 is 17.9 Å². The molecular formula is C13H17N3O4. The molecule has 0 heterocycles. The van der Waals surface area contributed by atoms with Crippen LogP contribution in [0.25, 0.3) is 0 Å². The number of carboxylic acid groups (broad SMARTS) is 1. The van der Waals surface area contributed by atoms with Crippen LogP contribution in [0.4, 0.5) is 4.79 Å². The first-order chi connectivity index (χ1) is 9.34. The molecule has 7 nitrogen and oxygen atoms in total. The van der Waals surface area contributed by atoms with Crippen LogP contribution in [0.3, 0.4) is 0 Å². The number of nitrogens with two attached hydrogens (primary N) is 1. The largest absolute Gasteiger partial charge is 0.480 e. The molecule has 1 rings (SSSR count). The van der Waals surface area contributed by atoms with Gasteiger partial charge in [-0.15, -0.1) is 0 Å². The number of nitrogens with zero attached hydrogens (tertiary/aromatic N) is 1. The van der Waals surface area contributed by atoms with Crippen LogP contribution >= 0.6 is 0 Å². The van der Waals surface area contributed by atoms with Gasteiger partial charge < -0.3 is 21.1 Å². The van der Waals surface area contributed by atoms with Gasteiger partial charge in [0.05, 0.1) is 0 Å². The number of benzene rings is 1. The molecule has 0 aliphatic carbocycles. The van der Waals surface area contributed by atoms with E-state index in [9.17, 15) is 14.4 Å². The Kier molecular flexibility index (Phi) is 5.08. The van der Waals surface area contributed by atoms with E-state index in [1.54, 1.807) is 30.3 Å². The summed E-state index contributed by atoms with van der Waals surface area (Å²) in [4.78, 5) is 35.3. The molecule has 20 heavy (non-hydrogen) atoms. The zero-order valence-corrected chi connectivity index (χ0v) is 11.2. The van der Waals surface area contributed by atoms with Gasteiger partial charge in [0, 0.05) is 7.05 Å². The molecule has 0 aliphatic heterocycles. The Morgan fingerprint density at radius 2 is 1.80 bits per heavy atom. The molecule has 0 aliphatic rings. The van der Waals surface area contributed by atoms with E-state index in [0.29, 0.717) is 5.56 Å². The zero-order chi connectivity index (χ0) is 15.3. The summed E-state index contributed by atoms with van der Waals surface area (Å²) in [7, 11) is 1.36. The van der Waals surface area contributed by atoms with Crippen molar-refractivity contribution in [3.05, 3.63) is 35.9 Å². The number of likely N-dealkylation sites (N-methyl/N-ethyl adjacent to an activating group) is 1. The van der Waals surface area contributed by atoms with Crippen molar-refractivity contribution in [2.24, 2.45) is 5.73 Å². The summed E-state index contributed by atoms with van der Waals surface area (Å²) in [6, 6.07) is 5.60. The average Bonchev–Trinajstić information content (AvgIpc) is 2.43. The third-order valence-electron chi connectivity index (χ3n) is 2.95. The molecule has 0 spiro atoms. The van der Waals surface area contributed by atoms with Crippen molar-refractivity contribution in [2.75, 3.05) is 7.05 Å². The van der Waals surface area contributed by atoms with Crippen molar-refractivity contribution < 1.29 is 19.5 Å². The summed E-state index contributed by atoms with van der Waals surface area (Å²) in [5.41, 5.74) is 5.60. The van der Waals surface area contributed by atoms with Gasteiger partial charge in [-0.3, -0.25) is 4.79 Å². The molecule has 2 unspecified atom stereocenters. The summed E-state index contributed by atoms with van der Waals surface area (Å²) >= 11 is 0. The molecule has 4 N–H and O–H groups in total. The van der Waals surface area contributed by atoms with Crippen LogP contribution < -0.4 is 11.1 Å². The Morgan fingerprint density at radius 3 is 2.25 bits per heavy atom. The summed E-state index contributed by atoms with van der Waals surface area (Å²) < 4.78 is 0. The third kappa shape index (κ3) is 3.71. The Labute approximate surface area is 116 Å². The molecule has 0 radical (unpaired) electrons. The molecule has 1 aromatic rings. The van der Waals surface area contributed by atoms with Gasteiger partial charge in [-0.1, -0.05) is 30.3 Å². The maximum atomic E-state index is 12.3. The lowest BCUT2D eigenvalue weighted by Gasteiger charge is -2.27. The predicted octanol–water partition coefficient (Wildman–Crippen LogP) is 0.328. The van der Waals surface area contributed by atoms with Crippen LogP contribution in [0.2, 0.25) is 0 Å². The second kappa shape index (κ2) is 6.55. The van der Waals surface area contributed by atoms with Gasteiger partial charge in [0.2, 0.25) is 5.91 Å². The van der Waals surface area contributed by atoms with Gasteiger partial charge in [-0.2, -0.15) is 0 Å². The van der Waals surface area contributed by atoms with Crippen LogP contribution in [0.5, 0.6) is 0 Å². The summed E-state index contributed by atoms with van der Waals surface area (Å²) in [6.07, 6.45) is 0. The number of rotatable bonds is 5. The monoisotopic (exact) mass is 279 g/mol. The standard InChI is InChI=1S/C13H17N3O4/c1-8(12(18)19)16(2)11(17)10(15-13(14)20)9-6-4-3-5-7-9/h3-8,10H,1-2H3,(H,18,19)(H3,14,15,20). The van der Waals surface area contributed by atoms with Crippen molar-refractivity contribution in [3.63, 3.8) is 0 Å². The minimum absolute atomic E-state index is 0.528. The number of nitrogens with one attached hydrogen (secondary N) is 1. The van der Waals surface area contributed by atoms with Gasteiger partial charge >= 0.3 is 12.0 Å². The maximum absolute atomic E-state index is 12.3.